The fourth-order valence-corrected chi connectivity index (χ4v) is 2.11. The lowest BCUT2D eigenvalue weighted by Gasteiger charge is -2.03. The fraction of sp³-hybridized carbons (Fsp3) is 0. The third kappa shape index (κ3) is 3.68. The maximum absolute atomic E-state index is 12.1. The summed E-state index contributed by atoms with van der Waals surface area (Å²) < 4.78 is 0. The van der Waals surface area contributed by atoms with Crippen LogP contribution in [0.15, 0.2) is 90.2 Å². The summed E-state index contributed by atoms with van der Waals surface area (Å²) in [4.78, 5) is 20.3. The zero-order chi connectivity index (χ0) is 15.9. The van der Waals surface area contributed by atoms with E-state index in [1.807, 2.05) is 54.6 Å². The summed E-state index contributed by atoms with van der Waals surface area (Å²) in [5, 5.41) is 4.08. The van der Waals surface area contributed by atoms with E-state index in [0.717, 1.165) is 11.3 Å². The first-order chi connectivity index (χ1) is 11.3. The molecule has 0 aliphatic heterocycles. The number of benzene rings is 2. The van der Waals surface area contributed by atoms with Crippen molar-refractivity contribution in [1.82, 2.24) is 0 Å². The Morgan fingerprint density at radius 1 is 0.783 bits per heavy atom. The minimum Gasteiger partial charge on any atom is -0.312 e. The van der Waals surface area contributed by atoms with Crippen molar-refractivity contribution in [2.75, 3.05) is 0 Å². The molecular formula is C19H15N2O2+. The van der Waals surface area contributed by atoms with Crippen LogP contribution in [0.25, 0.3) is 0 Å². The molecule has 0 radical (unpaired) electrons. The third-order valence-corrected chi connectivity index (χ3v) is 3.24. The molecule has 0 saturated carbocycles. The number of H-pyrrole nitrogens is 1. The van der Waals surface area contributed by atoms with Crippen molar-refractivity contribution in [3.8, 4) is 0 Å². The highest BCUT2D eigenvalue weighted by Gasteiger charge is 2.15. The molecule has 1 aromatic heterocycles. The number of carbonyl (C=O) groups is 1. The maximum Gasteiger partial charge on any atom is 0.365 e. The van der Waals surface area contributed by atoms with E-state index in [2.05, 4.69) is 10.1 Å². The van der Waals surface area contributed by atoms with Gasteiger partial charge >= 0.3 is 5.97 Å². The third-order valence-electron chi connectivity index (χ3n) is 3.24. The summed E-state index contributed by atoms with van der Waals surface area (Å²) in [6, 6.07) is 24.0. The first kappa shape index (κ1) is 14.7. The van der Waals surface area contributed by atoms with Crippen molar-refractivity contribution in [2.24, 2.45) is 5.16 Å². The molecule has 0 aliphatic carbocycles. The zero-order valence-electron chi connectivity index (χ0n) is 12.3. The number of aromatic nitrogens is 1. The van der Waals surface area contributed by atoms with Crippen LogP contribution in [0.2, 0.25) is 0 Å². The average molecular weight is 303 g/mol. The van der Waals surface area contributed by atoms with Crippen LogP contribution in [0.4, 0.5) is 0 Å². The second-order valence-electron chi connectivity index (χ2n) is 4.83. The molecule has 4 heteroatoms. The molecule has 0 spiro atoms. The largest absolute Gasteiger partial charge is 0.365 e. The number of aromatic amines is 1. The Balaban J connectivity index is 1.91. The Hall–Kier alpha value is -3.27. The SMILES string of the molecule is O=C(ON=C(c1ccccc1)c1cccc[nH+]1)c1ccccc1. The Labute approximate surface area is 134 Å². The first-order valence-electron chi connectivity index (χ1n) is 7.21. The topological polar surface area (TPSA) is 52.8 Å². The first-order valence-corrected chi connectivity index (χ1v) is 7.21. The highest BCUT2D eigenvalue weighted by molar-refractivity contribution is 6.10. The minimum atomic E-state index is -0.491. The summed E-state index contributed by atoms with van der Waals surface area (Å²) in [6.45, 7) is 0. The van der Waals surface area contributed by atoms with Gasteiger partial charge in [-0.3, -0.25) is 0 Å². The predicted molar refractivity (Wildman–Crippen MR) is 86.9 cm³/mol. The van der Waals surface area contributed by atoms with Crippen LogP contribution in [0.1, 0.15) is 21.6 Å². The van der Waals surface area contributed by atoms with Gasteiger partial charge in [0.15, 0.2) is 11.9 Å². The molecule has 0 aliphatic rings. The lowest BCUT2D eigenvalue weighted by molar-refractivity contribution is -0.380. The van der Waals surface area contributed by atoms with Gasteiger partial charge in [-0.15, -0.1) is 0 Å². The molecule has 3 aromatic rings. The smallest absolute Gasteiger partial charge is 0.312 e. The molecule has 4 nitrogen and oxygen atoms in total. The highest BCUT2D eigenvalue weighted by Crippen LogP contribution is 2.09. The Bertz CT molecular complexity index is 759. The van der Waals surface area contributed by atoms with Gasteiger partial charge in [0.25, 0.3) is 0 Å². The Morgan fingerprint density at radius 2 is 1.39 bits per heavy atom. The zero-order valence-corrected chi connectivity index (χ0v) is 12.3. The van der Waals surface area contributed by atoms with E-state index in [0.29, 0.717) is 11.3 Å². The van der Waals surface area contributed by atoms with Crippen LogP contribution in [-0.4, -0.2) is 11.7 Å². The van der Waals surface area contributed by atoms with E-state index in [-0.39, 0.29) is 0 Å². The molecule has 0 amide bonds. The highest BCUT2D eigenvalue weighted by atomic mass is 16.7. The summed E-state index contributed by atoms with van der Waals surface area (Å²) in [5.74, 6) is -0.491. The molecule has 3 rings (SSSR count). The molecular weight excluding hydrogens is 288 g/mol. The van der Waals surface area contributed by atoms with Crippen LogP contribution < -0.4 is 4.98 Å². The van der Waals surface area contributed by atoms with Crippen LogP contribution in [0, 0.1) is 0 Å². The molecule has 1 heterocycles. The normalized spacial score (nSPS) is 11.0. The Morgan fingerprint density at radius 3 is 2.00 bits per heavy atom. The second kappa shape index (κ2) is 7.13. The van der Waals surface area contributed by atoms with Crippen molar-refractivity contribution in [2.45, 2.75) is 0 Å². The van der Waals surface area contributed by atoms with Crippen LogP contribution in [-0.2, 0) is 4.84 Å². The Kier molecular flexibility index (Phi) is 4.55. The number of carbonyl (C=O) groups excluding carboxylic acids is 1. The number of nitrogens with one attached hydrogen (secondary N) is 1. The summed E-state index contributed by atoms with van der Waals surface area (Å²) in [7, 11) is 0. The van der Waals surface area contributed by atoms with E-state index in [1.54, 1.807) is 30.5 Å². The molecule has 0 fully saturated rings. The second-order valence-corrected chi connectivity index (χ2v) is 4.83. The molecule has 0 atom stereocenters. The number of oxime groups is 1. The molecule has 23 heavy (non-hydrogen) atoms. The number of rotatable bonds is 4. The predicted octanol–water partition coefficient (Wildman–Crippen LogP) is 3.11. The van der Waals surface area contributed by atoms with E-state index < -0.39 is 5.97 Å². The lowest BCUT2D eigenvalue weighted by atomic mass is 10.1. The van der Waals surface area contributed by atoms with Gasteiger partial charge in [-0.1, -0.05) is 53.7 Å². The number of hydrogen-bond acceptors (Lipinski definition) is 3. The van der Waals surface area contributed by atoms with Crippen LogP contribution in [0.5, 0.6) is 0 Å². The van der Waals surface area contributed by atoms with Gasteiger partial charge in [0.05, 0.1) is 5.56 Å². The van der Waals surface area contributed by atoms with Gasteiger partial charge in [0.2, 0.25) is 5.69 Å². The van der Waals surface area contributed by atoms with Crippen molar-refractivity contribution >= 4 is 11.7 Å². The lowest BCUT2D eigenvalue weighted by Crippen LogP contribution is -2.18. The molecule has 2 aromatic carbocycles. The number of nitrogens with zero attached hydrogens (tertiary/aromatic N) is 1. The average Bonchev–Trinajstić information content (AvgIpc) is 2.64. The fourth-order valence-electron chi connectivity index (χ4n) is 2.11. The summed E-state index contributed by atoms with van der Waals surface area (Å²) >= 11 is 0. The quantitative estimate of drug-likeness (QED) is 0.422. The minimum absolute atomic E-state index is 0.459. The molecule has 0 saturated heterocycles. The number of hydrogen-bond donors (Lipinski definition) is 0. The van der Waals surface area contributed by atoms with E-state index in [9.17, 15) is 4.79 Å². The van der Waals surface area contributed by atoms with Crippen molar-refractivity contribution < 1.29 is 14.6 Å². The van der Waals surface area contributed by atoms with Crippen LogP contribution >= 0.6 is 0 Å². The van der Waals surface area contributed by atoms with E-state index in [4.69, 9.17) is 4.84 Å². The van der Waals surface area contributed by atoms with Gasteiger partial charge in [-0.2, -0.15) is 0 Å². The van der Waals surface area contributed by atoms with Crippen molar-refractivity contribution in [3.63, 3.8) is 0 Å². The van der Waals surface area contributed by atoms with Gasteiger partial charge in [-0.05, 0) is 18.2 Å². The van der Waals surface area contributed by atoms with Gasteiger partial charge in [0, 0.05) is 17.7 Å². The maximum atomic E-state index is 12.1. The van der Waals surface area contributed by atoms with Gasteiger partial charge in [-0.25, -0.2) is 9.78 Å². The standard InChI is InChI=1S/C19H14N2O2/c22-19(16-11-5-2-6-12-16)23-21-18(15-9-3-1-4-10-15)17-13-7-8-14-20-17/h1-14H/p+1. The molecule has 1 N–H and O–H groups in total. The van der Waals surface area contributed by atoms with E-state index in [1.165, 1.54) is 0 Å². The summed E-state index contributed by atoms with van der Waals surface area (Å²) in [6.07, 6.45) is 1.80. The van der Waals surface area contributed by atoms with Crippen LogP contribution in [0.3, 0.4) is 0 Å². The van der Waals surface area contributed by atoms with E-state index >= 15 is 0 Å². The summed E-state index contributed by atoms with van der Waals surface area (Å²) in [5.41, 5.74) is 2.64. The molecule has 112 valence electrons. The monoisotopic (exact) mass is 303 g/mol. The van der Waals surface area contributed by atoms with Gasteiger partial charge in [0.1, 0.15) is 0 Å². The van der Waals surface area contributed by atoms with Gasteiger partial charge < -0.3 is 4.84 Å². The van der Waals surface area contributed by atoms with Crippen molar-refractivity contribution in [1.29, 1.82) is 0 Å². The van der Waals surface area contributed by atoms with Crippen molar-refractivity contribution in [3.05, 3.63) is 102 Å². The molecule has 0 bridgehead atoms. The molecule has 0 unspecified atom stereocenters. The number of pyridine rings is 1.